The second-order valence-corrected chi connectivity index (χ2v) is 3.80. The van der Waals surface area contributed by atoms with Gasteiger partial charge in [0.2, 0.25) is 0 Å². The van der Waals surface area contributed by atoms with Crippen molar-refractivity contribution >= 4 is 17.7 Å². The molecule has 62 valence electrons. The van der Waals surface area contributed by atoms with Gasteiger partial charge in [-0.15, -0.1) is 11.8 Å². The minimum Gasteiger partial charge on any atom is -0.479 e. The van der Waals surface area contributed by atoms with Gasteiger partial charge in [-0.1, -0.05) is 6.08 Å². The monoisotopic (exact) mass is 174 g/mol. The Morgan fingerprint density at radius 3 is 2.82 bits per heavy atom. The summed E-state index contributed by atoms with van der Waals surface area (Å²) in [4.78, 5) is 10.5. The first-order valence-electron chi connectivity index (χ1n) is 3.31. The van der Waals surface area contributed by atoms with Gasteiger partial charge in [-0.2, -0.15) is 0 Å². The molecule has 0 saturated heterocycles. The molecule has 0 aromatic rings. The van der Waals surface area contributed by atoms with Crippen molar-refractivity contribution in [2.45, 2.75) is 24.2 Å². The highest BCUT2D eigenvalue weighted by molar-refractivity contribution is 8.03. The summed E-state index contributed by atoms with van der Waals surface area (Å²) < 4.78 is 0. The number of carboxylic acid groups (broad SMARTS) is 1. The highest BCUT2D eigenvalue weighted by atomic mass is 32.2. The number of hydrogen-bond donors (Lipinski definition) is 2. The van der Waals surface area contributed by atoms with Crippen molar-refractivity contribution in [1.82, 2.24) is 0 Å². The van der Waals surface area contributed by atoms with Gasteiger partial charge >= 0.3 is 5.97 Å². The molecule has 1 heterocycles. The molecule has 0 bridgehead atoms. The van der Waals surface area contributed by atoms with Gasteiger partial charge < -0.3 is 10.2 Å². The molecule has 0 spiro atoms. The predicted molar refractivity (Wildman–Crippen MR) is 43.4 cm³/mol. The third kappa shape index (κ3) is 1.57. The number of thioether (sulfide) groups is 1. The largest absolute Gasteiger partial charge is 0.479 e. The third-order valence-electron chi connectivity index (χ3n) is 1.75. The Morgan fingerprint density at radius 1 is 1.82 bits per heavy atom. The molecule has 0 radical (unpaired) electrons. The number of aliphatic hydroxyl groups is 1. The summed E-state index contributed by atoms with van der Waals surface area (Å²) >= 11 is 1.37. The molecule has 1 rings (SSSR count). The lowest BCUT2D eigenvalue weighted by molar-refractivity contribution is -0.156. The average molecular weight is 174 g/mol. The first-order chi connectivity index (χ1) is 5.05. The van der Waals surface area contributed by atoms with Crippen molar-refractivity contribution in [2.24, 2.45) is 0 Å². The van der Waals surface area contributed by atoms with E-state index in [9.17, 15) is 9.90 Å². The number of carbonyl (C=O) groups is 1. The molecule has 1 aliphatic rings. The smallest absolute Gasteiger partial charge is 0.336 e. The Morgan fingerprint density at radius 2 is 2.45 bits per heavy atom. The summed E-state index contributed by atoms with van der Waals surface area (Å²) in [6.45, 7) is 1.33. The van der Waals surface area contributed by atoms with Crippen LogP contribution >= 0.6 is 11.8 Å². The van der Waals surface area contributed by atoms with Crippen LogP contribution in [0.4, 0.5) is 0 Å². The SMILES string of the molecule is CC(O)(C(=O)O)C1CC=CS1. The Balaban J connectivity index is 2.65. The maximum Gasteiger partial charge on any atom is 0.336 e. The zero-order valence-electron chi connectivity index (χ0n) is 6.15. The van der Waals surface area contributed by atoms with Gasteiger partial charge in [0.05, 0.1) is 5.25 Å². The third-order valence-corrected chi connectivity index (χ3v) is 3.08. The maximum atomic E-state index is 10.5. The molecular weight excluding hydrogens is 164 g/mol. The highest BCUT2D eigenvalue weighted by Gasteiger charge is 2.39. The van der Waals surface area contributed by atoms with Gasteiger partial charge in [0.1, 0.15) is 0 Å². The molecule has 0 aromatic carbocycles. The topological polar surface area (TPSA) is 57.5 Å². The fraction of sp³-hybridized carbons (Fsp3) is 0.571. The van der Waals surface area contributed by atoms with Gasteiger partial charge in [-0.3, -0.25) is 0 Å². The summed E-state index contributed by atoms with van der Waals surface area (Å²) in [5.74, 6) is -1.15. The van der Waals surface area contributed by atoms with E-state index < -0.39 is 11.6 Å². The van der Waals surface area contributed by atoms with Gasteiger partial charge in [-0.05, 0) is 18.8 Å². The minimum absolute atomic E-state index is 0.236. The summed E-state index contributed by atoms with van der Waals surface area (Å²) in [6, 6.07) is 0. The lowest BCUT2D eigenvalue weighted by atomic mass is 10.0. The van der Waals surface area contributed by atoms with Crippen molar-refractivity contribution in [3.05, 3.63) is 11.5 Å². The maximum absolute atomic E-state index is 10.5. The van der Waals surface area contributed by atoms with Crippen LogP contribution in [0.1, 0.15) is 13.3 Å². The molecule has 2 atom stereocenters. The van der Waals surface area contributed by atoms with Crippen LogP contribution in [-0.2, 0) is 4.79 Å². The van der Waals surface area contributed by atoms with Crippen molar-refractivity contribution in [2.75, 3.05) is 0 Å². The van der Waals surface area contributed by atoms with E-state index in [2.05, 4.69) is 0 Å². The number of aliphatic carboxylic acids is 1. The molecule has 1 aliphatic heterocycles. The highest BCUT2D eigenvalue weighted by Crippen LogP contribution is 2.32. The van der Waals surface area contributed by atoms with E-state index in [1.54, 1.807) is 0 Å². The van der Waals surface area contributed by atoms with E-state index in [0.717, 1.165) is 0 Å². The predicted octanol–water partition coefficient (Wildman–Crippen LogP) is 0.841. The van der Waals surface area contributed by atoms with Crippen LogP contribution in [0.2, 0.25) is 0 Å². The van der Waals surface area contributed by atoms with Crippen LogP contribution in [0, 0.1) is 0 Å². The van der Waals surface area contributed by atoms with Crippen LogP contribution in [0.25, 0.3) is 0 Å². The molecule has 0 aromatic heterocycles. The molecule has 0 aliphatic carbocycles. The van der Waals surface area contributed by atoms with Crippen LogP contribution < -0.4 is 0 Å². The van der Waals surface area contributed by atoms with Crippen molar-refractivity contribution in [1.29, 1.82) is 0 Å². The molecule has 4 heteroatoms. The first kappa shape index (κ1) is 8.62. The Labute approximate surface area is 69.1 Å². The van der Waals surface area contributed by atoms with Crippen LogP contribution in [0.5, 0.6) is 0 Å². The summed E-state index contributed by atoms with van der Waals surface area (Å²) in [6.07, 6.45) is 2.50. The molecule has 11 heavy (non-hydrogen) atoms. The van der Waals surface area contributed by atoms with Gasteiger partial charge in [0, 0.05) is 0 Å². The van der Waals surface area contributed by atoms with E-state index in [0.29, 0.717) is 6.42 Å². The van der Waals surface area contributed by atoms with Crippen LogP contribution in [-0.4, -0.2) is 27.0 Å². The molecule has 3 nitrogen and oxygen atoms in total. The number of rotatable bonds is 2. The second kappa shape index (κ2) is 2.87. The van der Waals surface area contributed by atoms with Crippen molar-refractivity contribution < 1.29 is 15.0 Å². The fourth-order valence-electron chi connectivity index (χ4n) is 0.885. The molecule has 0 saturated carbocycles. The van der Waals surface area contributed by atoms with Crippen LogP contribution in [0.3, 0.4) is 0 Å². The van der Waals surface area contributed by atoms with E-state index in [4.69, 9.17) is 5.11 Å². The zero-order valence-corrected chi connectivity index (χ0v) is 6.97. The molecule has 0 amide bonds. The van der Waals surface area contributed by atoms with E-state index in [1.807, 2.05) is 11.5 Å². The standard InChI is InChI=1S/C7H10O3S/c1-7(10,6(8)9)5-3-2-4-11-5/h2,4-5,10H,3H2,1H3,(H,8,9). The summed E-state index contributed by atoms with van der Waals surface area (Å²) in [7, 11) is 0. The van der Waals surface area contributed by atoms with E-state index in [-0.39, 0.29) is 5.25 Å². The normalized spacial score (nSPS) is 28.4. The lowest BCUT2D eigenvalue weighted by Crippen LogP contribution is -2.43. The Kier molecular flexibility index (Phi) is 2.25. The summed E-state index contributed by atoms with van der Waals surface area (Å²) in [5.41, 5.74) is -1.60. The summed E-state index contributed by atoms with van der Waals surface area (Å²) in [5, 5.41) is 19.6. The van der Waals surface area contributed by atoms with E-state index >= 15 is 0 Å². The lowest BCUT2D eigenvalue weighted by Gasteiger charge is -2.23. The quantitative estimate of drug-likeness (QED) is 0.651. The van der Waals surface area contributed by atoms with Gasteiger partial charge in [0.25, 0.3) is 0 Å². The Hall–Kier alpha value is -0.480. The number of hydrogen-bond acceptors (Lipinski definition) is 3. The molecule has 2 unspecified atom stereocenters. The van der Waals surface area contributed by atoms with Gasteiger partial charge in [-0.25, -0.2) is 4.79 Å². The average Bonchev–Trinajstić information content (AvgIpc) is 2.37. The van der Waals surface area contributed by atoms with E-state index in [1.165, 1.54) is 18.7 Å². The molecule has 0 fully saturated rings. The van der Waals surface area contributed by atoms with Crippen LogP contribution in [0.15, 0.2) is 11.5 Å². The molecular formula is C7H10O3S. The van der Waals surface area contributed by atoms with Crippen molar-refractivity contribution in [3.63, 3.8) is 0 Å². The zero-order chi connectivity index (χ0) is 8.48. The second-order valence-electron chi connectivity index (χ2n) is 2.68. The first-order valence-corrected chi connectivity index (χ1v) is 4.25. The Bertz CT molecular complexity index is 190. The minimum atomic E-state index is -1.60. The fourth-order valence-corrected chi connectivity index (χ4v) is 1.88. The number of carboxylic acids is 1. The molecule has 2 N–H and O–H groups in total. The number of allylic oxidation sites excluding steroid dienone is 1. The van der Waals surface area contributed by atoms with Gasteiger partial charge in [0.15, 0.2) is 5.60 Å². The van der Waals surface area contributed by atoms with Crippen molar-refractivity contribution in [3.8, 4) is 0 Å².